The summed E-state index contributed by atoms with van der Waals surface area (Å²) in [6, 6.07) is 6.20. The third-order valence-electron chi connectivity index (χ3n) is 3.12. The minimum atomic E-state index is -1.34. The maximum absolute atomic E-state index is 12.2. The van der Waals surface area contributed by atoms with Crippen LogP contribution in [0.25, 0.3) is 0 Å². The van der Waals surface area contributed by atoms with E-state index in [0.29, 0.717) is 5.56 Å². The molecule has 0 aliphatic carbocycles. The molecule has 0 fully saturated rings. The zero-order valence-corrected chi connectivity index (χ0v) is 13.3. The van der Waals surface area contributed by atoms with Gasteiger partial charge >= 0.3 is 5.97 Å². The molecule has 0 aromatic heterocycles. The van der Waals surface area contributed by atoms with Crippen LogP contribution in [0.5, 0.6) is 0 Å². The fourth-order valence-electron chi connectivity index (χ4n) is 1.90. The van der Waals surface area contributed by atoms with Crippen LogP contribution >= 0.6 is 23.4 Å². The maximum Gasteiger partial charge on any atom is 0.329 e. The summed E-state index contributed by atoms with van der Waals surface area (Å²) in [6.07, 6.45) is 0. The summed E-state index contributed by atoms with van der Waals surface area (Å²) in [5.41, 5.74) is 6.39. The molecule has 0 unspecified atom stereocenters. The lowest BCUT2D eigenvalue weighted by atomic mass is 10.1. The molecule has 1 heterocycles. The van der Waals surface area contributed by atoms with Crippen molar-refractivity contribution < 1.29 is 19.5 Å². The van der Waals surface area contributed by atoms with E-state index in [0.717, 1.165) is 11.8 Å². The molecule has 2 rings (SSSR count). The van der Waals surface area contributed by atoms with E-state index in [-0.39, 0.29) is 5.03 Å². The second-order valence-electron chi connectivity index (χ2n) is 4.71. The second kappa shape index (κ2) is 7.49. The Kier molecular flexibility index (Phi) is 5.64. The Hall–Kier alpha value is -2.03. The summed E-state index contributed by atoms with van der Waals surface area (Å²) in [7, 11) is 0. The molecule has 0 saturated carbocycles. The van der Waals surface area contributed by atoms with Crippen LogP contribution in [-0.4, -0.2) is 34.3 Å². The monoisotopic (exact) mass is 355 g/mol. The van der Waals surface area contributed by atoms with Crippen LogP contribution in [0.4, 0.5) is 0 Å². The van der Waals surface area contributed by atoms with Gasteiger partial charge in [0.2, 0.25) is 5.91 Å². The summed E-state index contributed by atoms with van der Waals surface area (Å²) < 4.78 is 0. The fourth-order valence-corrected chi connectivity index (χ4v) is 3.00. The molecule has 3 atom stereocenters. The summed E-state index contributed by atoms with van der Waals surface area (Å²) in [4.78, 5) is 35.1. The number of carbonyl (C=O) groups is 3. The minimum absolute atomic E-state index is 0.0392. The van der Waals surface area contributed by atoms with Gasteiger partial charge in [0.25, 0.3) is 5.91 Å². The van der Waals surface area contributed by atoms with Gasteiger partial charge in [-0.25, -0.2) is 4.79 Å². The quantitative estimate of drug-likeness (QED) is 0.611. The number of halogens is 1. The van der Waals surface area contributed by atoms with Crippen molar-refractivity contribution in [3.8, 4) is 0 Å². The maximum atomic E-state index is 12.2. The fraction of sp³-hybridized carbons (Fsp3) is 0.214. The first-order valence-electron chi connectivity index (χ1n) is 6.56. The van der Waals surface area contributed by atoms with Gasteiger partial charge in [-0.05, 0) is 11.0 Å². The first-order chi connectivity index (χ1) is 10.9. The van der Waals surface area contributed by atoms with Crippen molar-refractivity contribution in [1.29, 1.82) is 0 Å². The number of nitrogens with one attached hydrogen (secondary N) is 2. The smallest absolute Gasteiger partial charge is 0.329 e. The van der Waals surface area contributed by atoms with Gasteiger partial charge in [0.15, 0.2) is 6.04 Å². The van der Waals surface area contributed by atoms with E-state index in [1.54, 1.807) is 30.3 Å². The van der Waals surface area contributed by atoms with E-state index in [9.17, 15) is 19.5 Å². The van der Waals surface area contributed by atoms with Gasteiger partial charge in [0.1, 0.15) is 16.4 Å². The molecular formula is C14H14ClN3O4S. The number of rotatable bonds is 5. The van der Waals surface area contributed by atoms with Gasteiger partial charge in [-0.15, -0.1) is 11.8 Å². The predicted molar refractivity (Wildman–Crippen MR) is 86.4 cm³/mol. The van der Waals surface area contributed by atoms with Gasteiger partial charge in [-0.2, -0.15) is 0 Å². The molecule has 0 radical (unpaired) electrons. The van der Waals surface area contributed by atoms with Crippen LogP contribution < -0.4 is 16.4 Å². The third kappa shape index (κ3) is 4.25. The minimum Gasteiger partial charge on any atom is -0.480 e. The van der Waals surface area contributed by atoms with E-state index in [1.807, 2.05) is 0 Å². The Morgan fingerprint density at radius 1 is 1.35 bits per heavy atom. The van der Waals surface area contributed by atoms with Crippen LogP contribution in [-0.2, 0) is 14.4 Å². The normalized spacial score (nSPS) is 20.0. The molecule has 1 aliphatic rings. The van der Waals surface area contributed by atoms with Gasteiger partial charge in [-0.1, -0.05) is 41.9 Å². The molecule has 1 aromatic carbocycles. The van der Waals surface area contributed by atoms with Crippen molar-refractivity contribution in [2.75, 3.05) is 0 Å². The molecule has 0 spiro atoms. The highest BCUT2D eigenvalue weighted by molar-refractivity contribution is 8.03. The van der Waals surface area contributed by atoms with E-state index in [4.69, 9.17) is 17.3 Å². The Morgan fingerprint density at radius 2 is 2.00 bits per heavy atom. The molecular weight excluding hydrogens is 342 g/mol. The highest BCUT2D eigenvalue weighted by atomic mass is 35.5. The molecule has 122 valence electrons. The average molecular weight is 356 g/mol. The van der Waals surface area contributed by atoms with E-state index in [2.05, 4.69) is 10.6 Å². The van der Waals surface area contributed by atoms with Crippen LogP contribution in [0.3, 0.4) is 0 Å². The van der Waals surface area contributed by atoms with Crippen molar-refractivity contribution in [1.82, 2.24) is 10.6 Å². The van der Waals surface area contributed by atoms with Crippen molar-refractivity contribution in [3.63, 3.8) is 0 Å². The molecule has 9 heteroatoms. The Balaban J connectivity index is 2.09. The largest absolute Gasteiger partial charge is 0.480 e. The number of benzene rings is 1. The number of hydrogen-bond donors (Lipinski definition) is 4. The number of carboxylic acids is 1. The summed E-state index contributed by atoms with van der Waals surface area (Å²) in [5.74, 6) is -2.54. The van der Waals surface area contributed by atoms with Crippen LogP contribution in [0.1, 0.15) is 11.6 Å². The zero-order valence-electron chi connectivity index (χ0n) is 11.7. The van der Waals surface area contributed by atoms with Crippen molar-refractivity contribution in [3.05, 3.63) is 46.3 Å². The summed E-state index contributed by atoms with van der Waals surface area (Å²) >= 11 is 6.63. The molecule has 2 amide bonds. The third-order valence-corrected chi connectivity index (χ3v) is 4.58. The molecule has 1 aliphatic heterocycles. The van der Waals surface area contributed by atoms with Crippen LogP contribution in [0.15, 0.2) is 40.8 Å². The lowest BCUT2D eigenvalue weighted by molar-refractivity contribution is -0.142. The lowest BCUT2D eigenvalue weighted by Gasteiger charge is -2.27. The Bertz CT molecular complexity index is 653. The Morgan fingerprint density at radius 3 is 2.57 bits per heavy atom. The summed E-state index contributed by atoms with van der Waals surface area (Å²) in [5, 5.41) is 14.5. The first-order valence-corrected chi connectivity index (χ1v) is 7.88. The van der Waals surface area contributed by atoms with Crippen molar-refractivity contribution >= 4 is 41.1 Å². The van der Waals surface area contributed by atoms with Crippen LogP contribution in [0, 0.1) is 0 Å². The SMILES string of the molecule is N[C@@H](C(=O)N[C@@H](C(=O)O)[C@H]1NC(=O)C(Cl)=CS1)c1ccccc1. The highest BCUT2D eigenvalue weighted by Gasteiger charge is 2.35. The number of nitrogens with two attached hydrogens (primary N) is 1. The number of aliphatic carboxylic acids is 1. The molecule has 1 aromatic rings. The zero-order chi connectivity index (χ0) is 17.0. The first kappa shape index (κ1) is 17.3. The topological polar surface area (TPSA) is 122 Å². The molecule has 5 N–H and O–H groups in total. The van der Waals surface area contributed by atoms with Crippen LogP contribution in [0.2, 0.25) is 0 Å². The van der Waals surface area contributed by atoms with Gasteiger partial charge in [-0.3, -0.25) is 9.59 Å². The Labute approximate surface area is 141 Å². The van der Waals surface area contributed by atoms with Gasteiger partial charge < -0.3 is 21.5 Å². The van der Waals surface area contributed by atoms with Gasteiger partial charge in [0.05, 0.1) is 0 Å². The predicted octanol–water partition coefficient (Wildman–Crippen LogP) is 0.525. The van der Waals surface area contributed by atoms with Crippen molar-refractivity contribution in [2.45, 2.75) is 17.5 Å². The van der Waals surface area contributed by atoms with Crippen molar-refractivity contribution in [2.24, 2.45) is 5.73 Å². The number of hydrogen-bond acceptors (Lipinski definition) is 5. The summed E-state index contributed by atoms with van der Waals surface area (Å²) in [6.45, 7) is 0. The second-order valence-corrected chi connectivity index (χ2v) is 6.13. The number of amides is 2. The number of thioether (sulfide) groups is 1. The standard InChI is InChI=1S/C14H14ClN3O4S/c15-8-6-23-13(18-11(8)19)10(14(21)22)17-12(20)9(16)7-4-2-1-3-5-7/h1-6,9-10,13H,16H2,(H,17,20)(H,18,19)(H,21,22)/t9-,10-,13+/m1/s1. The van der Waals surface area contributed by atoms with E-state index < -0.39 is 35.2 Å². The molecule has 0 bridgehead atoms. The molecule has 0 saturated heterocycles. The highest BCUT2D eigenvalue weighted by Crippen LogP contribution is 2.24. The van der Waals surface area contributed by atoms with E-state index in [1.165, 1.54) is 5.41 Å². The number of carbonyl (C=O) groups excluding carboxylic acids is 2. The average Bonchev–Trinajstić information content (AvgIpc) is 2.55. The molecule has 7 nitrogen and oxygen atoms in total. The molecule has 23 heavy (non-hydrogen) atoms. The van der Waals surface area contributed by atoms with E-state index >= 15 is 0 Å². The number of carboxylic acid groups (broad SMARTS) is 1. The van der Waals surface area contributed by atoms with Gasteiger partial charge in [0, 0.05) is 0 Å². The lowest BCUT2D eigenvalue weighted by Crippen LogP contribution is -2.56.